The predicted octanol–water partition coefficient (Wildman–Crippen LogP) is 3.02. The SMILES string of the molecule is CN1CCN(Cc2cc(C3CCCCC3)no2)CC12CCOCC2. The average molecular weight is 333 g/mol. The number of aromatic nitrogens is 1. The van der Waals surface area contributed by atoms with Crippen LogP contribution in [0.25, 0.3) is 0 Å². The molecule has 0 N–H and O–H groups in total. The van der Waals surface area contributed by atoms with Gasteiger partial charge in [-0.05, 0) is 32.7 Å². The highest BCUT2D eigenvalue weighted by Crippen LogP contribution is 2.33. The Kier molecular flexibility index (Phi) is 4.93. The van der Waals surface area contributed by atoms with E-state index in [4.69, 9.17) is 9.26 Å². The van der Waals surface area contributed by atoms with E-state index < -0.39 is 0 Å². The Morgan fingerprint density at radius 1 is 1.17 bits per heavy atom. The molecule has 1 spiro atoms. The number of rotatable bonds is 3. The van der Waals surface area contributed by atoms with Gasteiger partial charge in [0.1, 0.15) is 0 Å². The van der Waals surface area contributed by atoms with E-state index in [9.17, 15) is 0 Å². The second kappa shape index (κ2) is 7.14. The first-order valence-electron chi connectivity index (χ1n) is 9.72. The fourth-order valence-corrected chi connectivity index (χ4v) is 4.79. The number of piperazine rings is 1. The van der Waals surface area contributed by atoms with Gasteiger partial charge >= 0.3 is 0 Å². The van der Waals surface area contributed by atoms with Gasteiger partial charge in [0.2, 0.25) is 0 Å². The highest BCUT2D eigenvalue weighted by Gasteiger charge is 2.41. The summed E-state index contributed by atoms with van der Waals surface area (Å²) in [6.07, 6.45) is 8.92. The summed E-state index contributed by atoms with van der Waals surface area (Å²) < 4.78 is 11.3. The molecule has 5 heteroatoms. The molecule has 1 saturated carbocycles. The van der Waals surface area contributed by atoms with Crippen molar-refractivity contribution >= 4 is 0 Å². The number of hydrogen-bond donors (Lipinski definition) is 0. The maximum Gasteiger partial charge on any atom is 0.150 e. The van der Waals surface area contributed by atoms with Crippen molar-refractivity contribution in [2.24, 2.45) is 0 Å². The summed E-state index contributed by atoms with van der Waals surface area (Å²) in [5.41, 5.74) is 1.49. The minimum absolute atomic E-state index is 0.294. The maximum absolute atomic E-state index is 5.69. The monoisotopic (exact) mass is 333 g/mol. The first-order chi connectivity index (χ1) is 11.8. The molecule has 2 saturated heterocycles. The largest absolute Gasteiger partial charge is 0.381 e. The first-order valence-corrected chi connectivity index (χ1v) is 9.72. The van der Waals surface area contributed by atoms with Crippen LogP contribution in [-0.4, -0.2) is 60.4 Å². The molecule has 24 heavy (non-hydrogen) atoms. The molecule has 1 aromatic heterocycles. The summed E-state index contributed by atoms with van der Waals surface area (Å²) in [5, 5.41) is 4.39. The Labute approximate surface area is 145 Å². The van der Waals surface area contributed by atoms with E-state index in [1.54, 1.807) is 0 Å². The molecule has 5 nitrogen and oxygen atoms in total. The van der Waals surface area contributed by atoms with Crippen LogP contribution in [-0.2, 0) is 11.3 Å². The fraction of sp³-hybridized carbons (Fsp3) is 0.842. The van der Waals surface area contributed by atoms with Gasteiger partial charge in [-0.3, -0.25) is 9.80 Å². The summed E-state index contributed by atoms with van der Waals surface area (Å²) in [5.74, 6) is 1.67. The van der Waals surface area contributed by atoms with E-state index in [0.717, 1.165) is 58.0 Å². The minimum atomic E-state index is 0.294. The quantitative estimate of drug-likeness (QED) is 0.850. The highest BCUT2D eigenvalue weighted by molar-refractivity contribution is 5.12. The van der Waals surface area contributed by atoms with E-state index in [2.05, 4.69) is 28.1 Å². The van der Waals surface area contributed by atoms with Crippen molar-refractivity contribution in [2.75, 3.05) is 39.9 Å². The summed E-state index contributed by atoms with van der Waals surface area (Å²) in [6.45, 7) is 6.04. The Morgan fingerprint density at radius 2 is 1.96 bits per heavy atom. The van der Waals surface area contributed by atoms with Gasteiger partial charge in [0.25, 0.3) is 0 Å². The molecule has 4 rings (SSSR count). The zero-order chi connectivity index (χ0) is 16.4. The van der Waals surface area contributed by atoms with Crippen molar-refractivity contribution in [1.82, 2.24) is 15.0 Å². The van der Waals surface area contributed by atoms with Gasteiger partial charge in [0.05, 0.1) is 12.2 Å². The molecular formula is C19H31N3O2. The highest BCUT2D eigenvalue weighted by atomic mass is 16.5. The lowest BCUT2D eigenvalue weighted by Gasteiger charge is -2.51. The summed E-state index contributed by atoms with van der Waals surface area (Å²) in [4.78, 5) is 5.11. The predicted molar refractivity (Wildman–Crippen MR) is 93.0 cm³/mol. The van der Waals surface area contributed by atoms with Crippen LogP contribution in [0.5, 0.6) is 0 Å². The molecule has 3 aliphatic rings. The summed E-state index contributed by atoms with van der Waals surface area (Å²) in [6, 6.07) is 2.23. The molecule has 1 aliphatic carbocycles. The van der Waals surface area contributed by atoms with Gasteiger partial charge in [-0.15, -0.1) is 0 Å². The van der Waals surface area contributed by atoms with Crippen LogP contribution in [0.4, 0.5) is 0 Å². The Hall–Kier alpha value is -0.910. The van der Waals surface area contributed by atoms with Crippen molar-refractivity contribution in [3.05, 3.63) is 17.5 Å². The lowest BCUT2D eigenvalue weighted by Crippen LogP contribution is -2.62. The lowest BCUT2D eigenvalue weighted by molar-refractivity contribution is -0.0637. The van der Waals surface area contributed by atoms with Crippen LogP contribution in [0, 0.1) is 0 Å². The van der Waals surface area contributed by atoms with Gasteiger partial charge in [-0.2, -0.15) is 0 Å². The van der Waals surface area contributed by atoms with E-state index >= 15 is 0 Å². The van der Waals surface area contributed by atoms with Crippen molar-refractivity contribution in [1.29, 1.82) is 0 Å². The van der Waals surface area contributed by atoms with E-state index in [0.29, 0.717) is 11.5 Å². The van der Waals surface area contributed by atoms with Crippen molar-refractivity contribution in [3.8, 4) is 0 Å². The van der Waals surface area contributed by atoms with Crippen LogP contribution in [0.3, 0.4) is 0 Å². The van der Waals surface area contributed by atoms with Crippen LogP contribution < -0.4 is 0 Å². The molecule has 134 valence electrons. The zero-order valence-corrected chi connectivity index (χ0v) is 15.0. The third kappa shape index (κ3) is 3.39. The molecule has 0 aromatic carbocycles. The smallest absolute Gasteiger partial charge is 0.150 e. The second-order valence-corrected chi connectivity index (χ2v) is 8.02. The Bertz CT molecular complexity index is 532. The molecule has 3 fully saturated rings. The Morgan fingerprint density at radius 3 is 2.75 bits per heavy atom. The van der Waals surface area contributed by atoms with Gasteiger partial charge in [-0.25, -0.2) is 0 Å². The number of likely N-dealkylation sites (N-methyl/N-ethyl adjacent to an activating group) is 1. The number of hydrogen-bond acceptors (Lipinski definition) is 5. The van der Waals surface area contributed by atoms with Crippen LogP contribution in [0.2, 0.25) is 0 Å². The summed E-state index contributed by atoms with van der Waals surface area (Å²) in [7, 11) is 2.28. The number of nitrogens with zero attached hydrogens (tertiary/aromatic N) is 3. The van der Waals surface area contributed by atoms with E-state index in [-0.39, 0.29) is 0 Å². The molecule has 0 radical (unpaired) electrons. The molecule has 0 bridgehead atoms. The molecule has 1 aromatic rings. The van der Waals surface area contributed by atoms with E-state index in [1.807, 2.05) is 0 Å². The lowest BCUT2D eigenvalue weighted by atomic mass is 9.86. The van der Waals surface area contributed by atoms with Crippen LogP contribution >= 0.6 is 0 Å². The molecule has 0 amide bonds. The van der Waals surface area contributed by atoms with Crippen molar-refractivity contribution in [2.45, 2.75) is 62.9 Å². The van der Waals surface area contributed by atoms with E-state index in [1.165, 1.54) is 37.8 Å². The van der Waals surface area contributed by atoms with Gasteiger partial charge < -0.3 is 9.26 Å². The van der Waals surface area contributed by atoms with Crippen molar-refractivity contribution in [3.63, 3.8) is 0 Å². The normalized spacial score (nSPS) is 26.9. The Balaban J connectivity index is 1.39. The molecule has 0 atom stereocenters. The third-order valence-corrected chi connectivity index (χ3v) is 6.48. The first kappa shape index (κ1) is 16.6. The standard InChI is InChI=1S/C19H31N3O2/c1-21-9-10-22(15-19(21)7-11-23-12-8-19)14-17-13-18(20-24-17)16-5-3-2-4-6-16/h13,16H,2-12,14-15H2,1H3. The third-order valence-electron chi connectivity index (χ3n) is 6.48. The van der Waals surface area contributed by atoms with Crippen LogP contribution in [0.15, 0.2) is 10.6 Å². The maximum atomic E-state index is 5.69. The van der Waals surface area contributed by atoms with Gasteiger partial charge in [0, 0.05) is 50.4 Å². The van der Waals surface area contributed by atoms with Crippen molar-refractivity contribution < 1.29 is 9.26 Å². The number of ether oxygens (including phenoxy) is 1. The summed E-state index contributed by atoms with van der Waals surface area (Å²) >= 11 is 0. The molecular weight excluding hydrogens is 302 g/mol. The topological polar surface area (TPSA) is 41.7 Å². The average Bonchev–Trinajstić information content (AvgIpc) is 3.08. The molecule has 3 heterocycles. The van der Waals surface area contributed by atoms with Gasteiger partial charge in [-0.1, -0.05) is 24.4 Å². The fourth-order valence-electron chi connectivity index (χ4n) is 4.79. The van der Waals surface area contributed by atoms with Crippen LogP contribution in [0.1, 0.15) is 62.3 Å². The minimum Gasteiger partial charge on any atom is -0.381 e. The zero-order valence-electron chi connectivity index (χ0n) is 15.0. The molecule has 2 aliphatic heterocycles. The van der Waals surface area contributed by atoms with Gasteiger partial charge in [0.15, 0.2) is 5.76 Å². The second-order valence-electron chi connectivity index (χ2n) is 8.02. The molecule has 0 unspecified atom stereocenters.